The number of hydrogen-bond acceptors (Lipinski definition) is 5. The SMILES string of the molecule is C[C@H](CCOS(=O)(=O)O)[C@H]1CCC2C3C(CC[C@@]21C)C1(C)CC[C@@H](O)CC1C[C@@H]3O. The van der Waals surface area contributed by atoms with Crippen molar-refractivity contribution in [3.63, 3.8) is 0 Å². The van der Waals surface area contributed by atoms with Crippen LogP contribution >= 0.6 is 0 Å². The Morgan fingerprint density at radius 2 is 1.67 bits per heavy atom. The average Bonchev–Trinajstić information content (AvgIpc) is 2.99. The first-order chi connectivity index (χ1) is 14.0. The summed E-state index contributed by atoms with van der Waals surface area (Å²) in [5.74, 6) is 2.60. The van der Waals surface area contributed by atoms with Gasteiger partial charge < -0.3 is 10.2 Å². The fraction of sp³-hybridized carbons (Fsp3) is 1.00. The normalized spacial score (nSPS) is 49.7. The predicted molar refractivity (Wildman–Crippen MR) is 114 cm³/mol. The molecule has 0 heterocycles. The van der Waals surface area contributed by atoms with E-state index in [0.717, 1.165) is 51.4 Å². The first-order valence-electron chi connectivity index (χ1n) is 11.9. The topological polar surface area (TPSA) is 104 Å². The van der Waals surface area contributed by atoms with Gasteiger partial charge in [-0.25, -0.2) is 4.18 Å². The number of fused-ring (bicyclic) bond motifs is 5. The third kappa shape index (κ3) is 3.87. The minimum atomic E-state index is -4.38. The van der Waals surface area contributed by atoms with Gasteiger partial charge in [0.2, 0.25) is 0 Å². The van der Waals surface area contributed by atoms with Crippen molar-refractivity contribution in [3.05, 3.63) is 0 Å². The molecule has 7 heteroatoms. The molecular weight excluding hydrogens is 404 g/mol. The third-order valence-electron chi connectivity index (χ3n) is 10.2. The Morgan fingerprint density at radius 3 is 2.37 bits per heavy atom. The summed E-state index contributed by atoms with van der Waals surface area (Å²) in [4.78, 5) is 0. The molecule has 5 unspecified atom stereocenters. The van der Waals surface area contributed by atoms with Crippen molar-refractivity contribution in [3.8, 4) is 0 Å². The van der Waals surface area contributed by atoms with Gasteiger partial charge in [0.05, 0.1) is 18.8 Å². The monoisotopic (exact) mass is 444 g/mol. The molecule has 0 aromatic carbocycles. The molecule has 0 saturated heterocycles. The van der Waals surface area contributed by atoms with Gasteiger partial charge in [0, 0.05) is 0 Å². The summed E-state index contributed by atoms with van der Waals surface area (Å²) in [7, 11) is -4.38. The molecule has 0 spiro atoms. The summed E-state index contributed by atoms with van der Waals surface area (Å²) in [6.07, 6.45) is 8.30. The van der Waals surface area contributed by atoms with Crippen LogP contribution in [0.1, 0.15) is 78.6 Å². The van der Waals surface area contributed by atoms with E-state index in [-0.39, 0.29) is 29.6 Å². The molecule has 10 atom stereocenters. The molecule has 174 valence electrons. The van der Waals surface area contributed by atoms with E-state index in [9.17, 15) is 18.6 Å². The van der Waals surface area contributed by atoms with E-state index in [1.54, 1.807) is 0 Å². The van der Waals surface area contributed by atoms with Crippen molar-refractivity contribution < 1.29 is 27.4 Å². The van der Waals surface area contributed by atoms with Crippen LogP contribution in [0.15, 0.2) is 0 Å². The van der Waals surface area contributed by atoms with Gasteiger partial charge in [0.25, 0.3) is 0 Å². The van der Waals surface area contributed by atoms with E-state index >= 15 is 0 Å². The van der Waals surface area contributed by atoms with Gasteiger partial charge in [-0.2, -0.15) is 8.42 Å². The Labute approximate surface area is 181 Å². The first kappa shape index (κ1) is 23.0. The lowest BCUT2D eigenvalue weighted by atomic mass is 9.43. The van der Waals surface area contributed by atoms with Gasteiger partial charge in [-0.3, -0.25) is 4.55 Å². The summed E-state index contributed by atoms with van der Waals surface area (Å²) >= 11 is 0. The maximum atomic E-state index is 11.3. The van der Waals surface area contributed by atoms with Crippen LogP contribution in [-0.4, -0.2) is 42.0 Å². The van der Waals surface area contributed by atoms with Crippen LogP contribution in [0, 0.1) is 46.3 Å². The van der Waals surface area contributed by atoms with Crippen LogP contribution in [0.3, 0.4) is 0 Å². The zero-order valence-corrected chi connectivity index (χ0v) is 19.5. The summed E-state index contributed by atoms with van der Waals surface area (Å²) in [5, 5.41) is 21.5. The Bertz CT molecular complexity index is 740. The molecule has 4 rings (SSSR count). The molecule has 6 nitrogen and oxygen atoms in total. The Kier molecular flexibility index (Phi) is 6.11. The molecule has 30 heavy (non-hydrogen) atoms. The number of aliphatic hydroxyl groups excluding tert-OH is 2. The fourth-order valence-electron chi connectivity index (χ4n) is 8.72. The van der Waals surface area contributed by atoms with E-state index in [2.05, 4.69) is 25.0 Å². The average molecular weight is 445 g/mol. The molecule has 4 aliphatic rings. The van der Waals surface area contributed by atoms with Gasteiger partial charge in [0.1, 0.15) is 0 Å². The molecule has 0 amide bonds. The van der Waals surface area contributed by atoms with E-state index in [4.69, 9.17) is 4.55 Å². The molecule has 4 saturated carbocycles. The summed E-state index contributed by atoms with van der Waals surface area (Å²) < 4.78 is 35.2. The Hall–Kier alpha value is -0.210. The van der Waals surface area contributed by atoms with Crippen molar-refractivity contribution in [2.75, 3.05) is 6.61 Å². The summed E-state index contributed by atoms with van der Waals surface area (Å²) in [6, 6.07) is 0. The van der Waals surface area contributed by atoms with Crippen LogP contribution in [0.4, 0.5) is 0 Å². The summed E-state index contributed by atoms with van der Waals surface area (Å²) in [5.41, 5.74) is 0.397. The molecule has 0 aromatic heterocycles. The molecule has 0 aromatic rings. The van der Waals surface area contributed by atoms with E-state index < -0.39 is 10.4 Å². The maximum Gasteiger partial charge on any atom is 0.397 e. The molecule has 0 aliphatic heterocycles. The van der Waals surface area contributed by atoms with E-state index in [1.807, 2.05) is 0 Å². The highest BCUT2D eigenvalue weighted by Gasteiger charge is 2.62. The first-order valence-corrected chi connectivity index (χ1v) is 13.3. The van der Waals surface area contributed by atoms with Gasteiger partial charge in [0.15, 0.2) is 0 Å². The Morgan fingerprint density at radius 1 is 1.00 bits per heavy atom. The van der Waals surface area contributed by atoms with Crippen molar-refractivity contribution in [2.24, 2.45) is 46.3 Å². The molecule has 0 bridgehead atoms. The van der Waals surface area contributed by atoms with Crippen molar-refractivity contribution in [1.29, 1.82) is 0 Å². The van der Waals surface area contributed by atoms with Gasteiger partial charge in [-0.1, -0.05) is 20.8 Å². The minimum Gasteiger partial charge on any atom is -0.393 e. The quantitative estimate of drug-likeness (QED) is 0.557. The van der Waals surface area contributed by atoms with Crippen LogP contribution < -0.4 is 0 Å². The van der Waals surface area contributed by atoms with Gasteiger partial charge in [-0.05, 0) is 104 Å². The van der Waals surface area contributed by atoms with Crippen molar-refractivity contribution >= 4 is 10.4 Å². The lowest BCUT2D eigenvalue weighted by Crippen LogP contribution is -2.58. The minimum absolute atomic E-state index is 0.0218. The van der Waals surface area contributed by atoms with E-state index in [0.29, 0.717) is 41.9 Å². The number of aliphatic hydroxyl groups is 2. The standard InChI is InChI=1S/C23H40O6S/c1-14(8-11-29-30(26,27)28)17-4-5-18-21-19(7-10-23(17,18)3)22(2)9-6-16(24)12-15(22)13-20(21)25/h14-21,24-25H,4-13H2,1-3H3,(H,26,27,28)/t14-,15?,16-,17-,18?,19?,20+,21?,22?,23-/m1/s1. The fourth-order valence-corrected chi connectivity index (χ4v) is 9.02. The molecule has 4 fully saturated rings. The second kappa shape index (κ2) is 7.98. The van der Waals surface area contributed by atoms with Crippen LogP contribution in [0.2, 0.25) is 0 Å². The van der Waals surface area contributed by atoms with E-state index in [1.165, 1.54) is 0 Å². The van der Waals surface area contributed by atoms with Crippen molar-refractivity contribution in [1.82, 2.24) is 0 Å². The number of rotatable bonds is 5. The van der Waals surface area contributed by atoms with Gasteiger partial charge in [-0.15, -0.1) is 0 Å². The highest BCUT2D eigenvalue weighted by atomic mass is 32.3. The zero-order chi connectivity index (χ0) is 21.9. The van der Waals surface area contributed by atoms with Crippen LogP contribution in [0.5, 0.6) is 0 Å². The zero-order valence-electron chi connectivity index (χ0n) is 18.7. The molecule has 3 N–H and O–H groups in total. The molecule has 0 radical (unpaired) electrons. The second-order valence-electron chi connectivity index (χ2n) is 11.5. The largest absolute Gasteiger partial charge is 0.397 e. The predicted octanol–water partition coefficient (Wildman–Crippen LogP) is 3.82. The summed E-state index contributed by atoms with van der Waals surface area (Å²) in [6.45, 7) is 7.03. The maximum absolute atomic E-state index is 11.3. The highest BCUT2D eigenvalue weighted by Crippen LogP contribution is 2.68. The molecular formula is C23H40O6S. The third-order valence-corrected chi connectivity index (χ3v) is 10.7. The lowest BCUT2D eigenvalue weighted by molar-refractivity contribution is -0.174. The number of hydrogen-bond donors (Lipinski definition) is 3. The highest BCUT2D eigenvalue weighted by molar-refractivity contribution is 7.80. The lowest BCUT2D eigenvalue weighted by Gasteiger charge is -2.62. The Balaban J connectivity index is 1.50. The van der Waals surface area contributed by atoms with Crippen molar-refractivity contribution in [2.45, 2.75) is 90.8 Å². The van der Waals surface area contributed by atoms with Crippen LogP contribution in [0.25, 0.3) is 0 Å². The van der Waals surface area contributed by atoms with Gasteiger partial charge >= 0.3 is 10.4 Å². The second-order valence-corrected chi connectivity index (χ2v) is 12.6. The molecule has 4 aliphatic carbocycles. The van der Waals surface area contributed by atoms with Crippen LogP contribution in [-0.2, 0) is 14.6 Å². The smallest absolute Gasteiger partial charge is 0.393 e.